The quantitative estimate of drug-likeness (QED) is 0.621. The van der Waals surface area contributed by atoms with Crippen molar-refractivity contribution in [2.75, 3.05) is 0 Å². The minimum absolute atomic E-state index is 0.126. The van der Waals surface area contributed by atoms with Gasteiger partial charge in [-0.05, 0) is 30.2 Å². The largest absolute Gasteiger partial charge is 0.294 e. The van der Waals surface area contributed by atoms with Crippen LogP contribution in [-0.4, -0.2) is 5.78 Å². The van der Waals surface area contributed by atoms with Gasteiger partial charge in [0.15, 0.2) is 5.78 Å². The molecule has 1 nitrogen and oxygen atoms in total. The molecule has 0 fully saturated rings. The summed E-state index contributed by atoms with van der Waals surface area (Å²) in [5, 5.41) is 2.22. The lowest BCUT2D eigenvalue weighted by molar-refractivity contribution is 0.101. The van der Waals surface area contributed by atoms with Crippen LogP contribution in [-0.2, 0) is 0 Å². The highest BCUT2D eigenvalue weighted by molar-refractivity contribution is 6.07. The molecule has 70 valence electrons. The third-order valence-corrected chi connectivity index (χ3v) is 2.52. The number of hydrogen-bond acceptors (Lipinski definition) is 1. The highest BCUT2D eigenvalue weighted by Crippen LogP contribution is 2.22. The standard InChI is InChI=1S/C13H12O/c1-9-7-8-12(10(2)14)13-6-4-3-5-11(9)13/h3-8H,1-2H3. The normalized spacial score (nSPS) is 10.4. The molecule has 0 radical (unpaired) electrons. The van der Waals surface area contributed by atoms with Crippen molar-refractivity contribution in [1.82, 2.24) is 0 Å². The van der Waals surface area contributed by atoms with E-state index in [1.165, 1.54) is 10.9 Å². The highest BCUT2D eigenvalue weighted by atomic mass is 16.1. The number of carbonyl (C=O) groups excluding carboxylic acids is 1. The van der Waals surface area contributed by atoms with Gasteiger partial charge in [-0.3, -0.25) is 4.79 Å². The predicted octanol–water partition coefficient (Wildman–Crippen LogP) is 3.35. The van der Waals surface area contributed by atoms with Crippen LogP contribution in [0.1, 0.15) is 22.8 Å². The fourth-order valence-electron chi connectivity index (χ4n) is 1.76. The molecular formula is C13H12O. The Hall–Kier alpha value is -1.63. The smallest absolute Gasteiger partial charge is 0.160 e. The number of fused-ring (bicyclic) bond motifs is 1. The first-order valence-electron chi connectivity index (χ1n) is 4.69. The maximum absolute atomic E-state index is 11.4. The number of ketones is 1. The SMILES string of the molecule is CC(=O)c1ccc(C)c2ccccc12. The summed E-state index contributed by atoms with van der Waals surface area (Å²) in [6.45, 7) is 3.67. The number of Topliss-reactive ketones (excluding diaryl/α,β-unsaturated/α-hetero) is 1. The molecule has 0 amide bonds. The van der Waals surface area contributed by atoms with Crippen LogP contribution in [0.3, 0.4) is 0 Å². The van der Waals surface area contributed by atoms with E-state index in [0.717, 1.165) is 10.9 Å². The van der Waals surface area contributed by atoms with E-state index in [1.54, 1.807) is 6.92 Å². The molecule has 0 heterocycles. The van der Waals surface area contributed by atoms with Gasteiger partial charge in [0.1, 0.15) is 0 Å². The molecule has 0 spiro atoms. The third-order valence-electron chi connectivity index (χ3n) is 2.52. The third kappa shape index (κ3) is 1.31. The first-order valence-corrected chi connectivity index (χ1v) is 4.69. The molecule has 0 unspecified atom stereocenters. The van der Waals surface area contributed by atoms with Crippen molar-refractivity contribution in [2.24, 2.45) is 0 Å². The van der Waals surface area contributed by atoms with E-state index in [9.17, 15) is 4.79 Å². The van der Waals surface area contributed by atoms with Crippen molar-refractivity contribution in [1.29, 1.82) is 0 Å². The number of benzene rings is 2. The summed E-state index contributed by atoms with van der Waals surface area (Å²) in [5.74, 6) is 0.126. The summed E-state index contributed by atoms with van der Waals surface area (Å²) in [6, 6.07) is 11.9. The summed E-state index contributed by atoms with van der Waals surface area (Å²) in [7, 11) is 0. The molecule has 2 rings (SSSR count). The Bertz CT molecular complexity index is 498. The molecule has 2 aromatic carbocycles. The fourth-order valence-corrected chi connectivity index (χ4v) is 1.76. The molecular weight excluding hydrogens is 172 g/mol. The monoisotopic (exact) mass is 184 g/mol. The Morgan fingerprint density at radius 2 is 1.64 bits per heavy atom. The van der Waals surface area contributed by atoms with Gasteiger partial charge < -0.3 is 0 Å². The van der Waals surface area contributed by atoms with Gasteiger partial charge in [0.2, 0.25) is 0 Å². The van der Waals surface area contributed by atoms with Gasteiger partial charge in [-0.25, -0.2) is 0 Å². The van der Waals surface area contributed by atoms with Crippen molar-refractivity contribution in [3.63, 3.8) is 0 Å². The molecule has 14 heavy (non-hydrogen) atoms. The van der Waals surface area contributed by atoms with Crippen LogP contribution in [0.4, 0.5) is 0 Å². The molecule has 2 aromatic rings. The molecule has 0 aliphatic heterocycles. The first kappa shape index (κ1) is 8.95. The zero-order valence-corrected chi connectivity index (χ0v) is 8.37. The molecule has 0 bridgehead atoms. The maximum Gasteiger partial charge on any atom is 0.160 e. The molecule has 0 aliphatic rings. The van der Waals surface area contributed by atoms with Crippen LogP contribution in [0.5, 0.6) is 0 Å². The van der Waals surface area contributed by atoms with Gasteiger partial charge >= 0.3 is 0 Å². The van der Waals surface area contributed by atoms with Gasteiger partial charge in [0.05, 0.1) is 0 Å². The molecule has 0 aliphatic carbocycles. The Kier molecular flexibility index (Phi) is 2.08. The van der Waals surface area contributed by atoms with Crippen molar-refractivity contribution in [2.45, 2.75) is 13.8 Å². The van der Waals surface area contributed by atoms with Crippen LogP contribution in [0.25, 0.3) is 10.8 Å². The van der Waals surface area contributed by atoms with Gasteiger partial charge in [-0.1, -0.05) is 36.4 Å². The van der Waals surface area contributed by atoms with E-state index < -0.39 is 0 Å². The van der Waals surface area contributed by atoms with Crippen LogP contribution in [0.2, 0.25) is 0 Å². The van der Waals surface area contributed by atoms with E-state index >= 15 is 0 Å². The maximum atomic E-state index is 11.4. The number of hydrogen-bond donors (Lipinski definition) is 0. The van der Waals surface area contributed by atoms with E-state index in [1.807, 2.05) is 30.3 Å². The van der Waals surface area contributed by atoms with E-state index in [4.69, 9.17) is 0 Å². The second-order valence-electron chi connectivity index (χ2n) is 3.53. The van der Waals surface area contributed by atoms with E-state index in [2.05, 4.69) is 13.0 Å². The summed E-state index contributed by atoms with van der Waals surface area (Å²) in [6.07, 6.45) is 0. The van der Waals surface area contributed by atoms with Gasteiger partial charge in [-0.2, -0.15) is 0 Å². The average molecular weight is 184 g/mol. The van der Waals surface area contributed by atoms with Crippen molar-refractivity contribution in [3.8, 4) is 0 Å². The van der Waals surface area contributed by atoms with Gasteiger partial charge in [0, 0.05) is 5.56 Å². The average Bonchev–Trinajstić information content (AvgIpc) is 2.18. The molecule has 0 N–H and O–H groups in total. The highest BCUT2D eigenvalue weighted by Gasteiger charge is 2.05. The van der Waals surface area contributed by atoms with Crippen molar-refractivity contribution in [3.05, 3.63) is 47.5 Å². The summed E-state index contributed by atoms with van der Waals surface area (Å²) in [5.41, 5.74) is 2.02. The molecule has 0 saturated heterocycles. The Morgan fingerprint density at radius 3 is 2.29 bits per heavy atom. The van der Waals surface area contributed by atoms with Crippen molar-refractivity contribution < 1.29 is 4.79 Å². The fraction of sp³-hybridized carbons (Fsp3) is 0.154. The Labute approximate surface area is 83.4 Å². The van der Waals surface area contributed by atoms with Crippen LogP contribution < -0.4 is 0 Å². The second kappa shape index (κ2) is 3.26. The van der Waals surface area contributed by atoms with E-state index in [-0.39, 0.29) is 5.78 Å². The Morgan fingerprint density at radius 1 is 1.00 bits per heavy atom. The van der Waals surface area contributed by atoms with Crippen LogP contribution >= 0.6 is 0 Å². The molecule has 0 saturated carbocycles. The Balaban J connectivity index is 2.88. The molecule has 1 heteroatoms. The number of rotatable bonds is 1. The van der Waals surface area contributed by atoms with Crippen molar-refractivity contribution >= 4 is 16.6 Å². The number of aryl methyl sites for hydroxylation is 1. The topological polar surface area (TPSA) is 17.1 Å². The number of carbonyl (C=O) groups is 1. The molecule has 0 aromatic heterocycles. The summed E-state index contributed by atoms with van der Waals surface area (Å²) in [4.78, 5) is 11.4. The zero-order valence-electron chi connectivity index (χ0n) is 8.37. The predicted molar refractivity (Wildman–Crippen MR) is 58.7 cm³/mol. The first-order chi connectivity index (χ1) is 6.70. The summed E-state index contributed by atoms with van der Waals surface area (Å²) >= 11 is 0. The lowest BCUT2D eigenvalue weighted by Crippen LogP contribution is -1.94. The van der Waals surface area contributed by atoms with E-state index in [0.29, 0.717) is 0 Å². The van der Waals surface area contributed by atoms with Crippen LogP contribution in [0, 0.1) is 6.92 Å². The van der Waals surface area contributed by atoms with Gasteiger partial charge in [-0.15, -0.1) is 0 Å². The van der Waals surface area contributed by atoms with Crippen LogP contribution in [0.15, 0.2) is 36.4 Å². The lowest BCUT2D eigenvalue weighted by atomic mass is 9.98. The molecule has 0 atom stereocenters. The lowest BCUT2D eigenvalue weighted by Gasteiger charge is -2.05. The summed E-state index contributed by atoms with van der Waals surface area (Å²) < 4.78 is 0. The minimum Gasteiger partial charge on any atom is -0.294 e. The minimum atomic E-state index is 0.126. The second-order valence-corrected chi connectivity index (χ2v) is 3.53. The zero-order chi connectivity index (χ0) is 10.1. The van der Waals surface area contributed by atoms with Gasteiger partial charge in [0.25, 0.3) is 0 Å².